The Balaban J connectivity index is 2.28. The molecule has 1 aromatic heterocycles. The number of amides is 2. The highest BCUT2D eigenvalue weighted by Gasteiger charge is 2.17. The van der Waals surface area contributed by atoms with Crippen molar-refractivity contribution >= 4 is 41.1 Å². The number of nitrogens with one attached hydrogen (secondary N) is 3. The summed E-state index contributed by atoms with van der Waals surface area (Å²) in [4.78, 5) is 54.0. The molecule has 0 radical (unpaired) electrons. The summed E-state index contributed by atoms with van der Waals surface area (Å²) in [5.74, 6) is -2.50. The number of esters is 1. The molecule has 1 aromatic carbocycles. The number of benzene rings is 1. The number of carbonyl (C=O) groups is 3. The largest absolute Gasteiger partial charge is 0.465 e. The predicted molar refractivity (Wildman–Crippen MR) is 101 cm³/mol. The second kappa shape index (κ2) is 9.65. The van der Waals surface area contributed by atoms with E-state index < -0.39 is 29.2 Å². The van der Waals surface area contributed by atoms with E-state index in [1.54, 1.807) is 6.92 Å². The molecule has 3 N–H and O–H groups in total. The van der Waals surface area contributed by atoms with Crippen LogP contribution in [0.1, 0.15) is 24.2 Å². The molecule has 2 amide bonds. The van der Waals surface area contributed by atoms with Gasteiger partial charge in [-0.05, 0) is 31.2 Å². The standard InChI is InChI=1S/C17H17FN4O5S/c1-3-27-12(24)8-28-17-21-14(19-9(2)23)13(16(26)22-17)20-15(25)10-4-6-11(18)7-5-10/h4-7H,3,8H2,1-2H3,(H,20,25)(H2,19,21,22,23,26). The zero-order chi connectivity index (χ0) is 20.7. The van der Waals surface area contributed by atoms with Gasteiger partial charge >= 0.3 is 5.97 Å². The maximum Gasteiger partial charge on any atom is 0.316 e. The predicted octanol–water partition coefficient (Wildman–Crippen LogP) is 1.77. The third-order valence-corrected chi connectivity index (χ3v) is 4.02. The summed E-state index contributed by atoms with van der Waals surface area (Å²) >= 11 is 0.903. The van der Waals surface area contributed by atoms with E-state index in [0.717, 1.165) is 23.9 Å². The molecule has 0 aliphatic rings. The second-order valence-electron chi connectivity index (χ2n) is 5.33. The Morgan fingerprint density at radius 1 is 1.21 bits per heavy atom. The molecule has 0 saturated heterocycles. The number of thioether (sulfide) groups is 1. The normalized spacial score (nSPS) is 10.2. The zero-order valence-corrected chi connectivity index (χ0v) is 15.8. The molecule has 148 valence electrons. The van der Waals surface area contributed by atoms with Crippen LogP contribution in [0.3, 0.4) is 0 Å². The molecule has 2 rings (SSSR count). The van der Waals surface area contributed by atoms with Crippen molar-refractivity contribution in [2.24, 2.45) is 0 Å². The highest BCUT2D eigenvalue weighted by molar-refractivity contribution is 7.99. The van der Waals surface area contributed by atoms with Crippen LogP contribution in [0.25, 0.3) is 0 Å². The van der Waals surface area contributed by atoms with Gasteiger partial charge in [-0.15, -0.1) is 0 Å². The molecule has 0 unspecified atom stereocenters. The maximum atomic E-state index is 13.0. The highest BCUT2D eigenvalue weighted by Crippen LogP contribution is 2.20. The van der Waals surface area contributed by atoms with Crippen LogP contribution >= 0.6 is 11.8 Å². The molecule has 11 heteroatoms. The van der Waals surface area contributed by atoms with Gasteiger partial charge in [-0.1, -0.05) is 11.8 Å². The van der Waals surface area contributed by atoms with Gasteiger partial charge in [-0.25, -0.2) is 9.37 Å². The van der Waals surface area contributed by atoms with E-state index in [1.165, 1.54) is 19.1 Å². The Bertz CT molecular complexity index is 946. The van der Waals surface area contributed by atoms with Gasteiger partial charge in [0.2, 0.25) is 5.91 Å². The average molecular weight is 408 g/mol. The zero-order valence-electron chi connectivity index (χ0n) is 15.0. The van der Waals surface area contributed by atoms with Gasteiger partial charge in [0.05, 0.1) is 12.4 Å². The number of nitrogens with zero attached hydrogens (tertiary/aromatic N) is 1. The van der Waals surface area contributed by atoms with Crippen LogP contribution in [-0.2, 0) is 14.3 Å². The first kappa shape index (κ1) is 21.1. The van der Waals surface area contributed by atoms with E-state index in [4.69, 9.17) is 4.74 Å². The summed E-state index contributed by atoms with van der Waals surface area (Å²) < 4.78 is 17.8. The van der Waals surface area contributed by atoms with Crippen molar-refractivity contribution in [1.82, 2.24) is 9.97 Å². The lowest BCUT2D eigenvalue weighted by atomic mass is 10.2. The number of hydrogen-bond donors (Lipinski definition) is 3. The smallest absolute Gasteiger partial charge is 0.316 e. The summed E-state index contributed by atoms with van der Waals surface area (Å²) in [6.45, 7) is 3.09. The van der Waals surface area contributed by atoms with Crippen molar-refractivity contribution in [1.29, 1.82) is 0 Å². The van der Waals surface area contributed by atoms with E-state index in [2.05, 4.69) is 20.6 Å². The molecule has 0 bridgehead atoms. The number of halogens is 1. The minimum Gasteiger partial charge on any atom is -0.465 e. The molecule has 1 heterocycles. The van der Waals surface area contributed by atoms with Crippen LogP contribution in [0, 0.1) is 5.82 Å². The SMILES string of the molecule is CCOC(=O)CSc1nc(NC(C)=O)c(NC(=O)c2ccc(F)cc2)c(=O)[nH]1. The number of aromatic nitrogens is 2. The quantitative estimate of drug-likeness (QED) is 0.362. The number of anilines is 2. The minimum atomic E-state index is -0.736. The van der Waals surface area contributed by atoms with Crippen LogP contribution in [0.15, 0.2) is 34.2 Å². The van der Waals surface area contributed by atoms with Gasteiger partial charge in [0.1, 0.15) is 5.82 Å². The third kappa shape index (κ3) is 5.91. The van der Waals surface area contributed by atoms with Crippen LogP contribution in [0.2, 0.25) is 0 Å². The van der Waals surface area contributed by atoms with E-state index in [0.29, 0.717) is 0 Å². The number of hydrogen-bond acceptors (Lipinski definition) is 7. The lowest BCUT2D eigenvalue weighted by Crippen LogP contribution is -2.24. The Morgan fingerprint density at radius 3 is 2.50 bits per heavy atom. The first-order valence-electron chi connectivity index (χ1n) is 8.07. The van der Waals surface area contributed by atoms with E-state index in [1.807, 2.05) is 0 Å². The molecule has 2 aromatic rings. The summed E-state index contributed by atoms with van der Waals surface area (Å²) in [6, 6.07) is 4.68. The molecule has 0 aliphatic carbocycles. The first-order chi connectivity index (χ1) is 13.3. The fourth-order valence-electron chi connectivity index (χ4n) is 2.01. The highest BCUT2D eigenvalue weighted by atomic mass is 32.2. The topological polar surface area (TPSA) is 130 Å². The monoisotopic (exact) mass is 408 g/mol. The summed E-state index contributed by atoms with van der Waals surface area (Å²) in [6.07, 6.45) is 0. The van der Waals surface area contributed by atoms with Gasteiger partial charge in [-0.3, -0.25) is 24.2 Å². The summed E-state index contributed by atoms with van der Waals surface area (Å²) in [5, 5.41) is 4.77. The van der Waals surface area contributed by atoms with Crippen LogP contribution in [-0.4, -0.2) is 40.1 Å². The van der Waals surface area contributed by atoms with E-state index >= 15 is 0 Å². The van der Waals surface area contributed by atoms with Crippen molar-refractivity contribution in [3.05, 3.63) is 46.0 Å². The van der Waals surface area contributed by atoms with Crippen LogP contribution in [0.4, 0.5) is 15.9 Å². The summed E-state index contributed by atoms with van der Waals surface area (Å²) in [7, 11) is 0. The number of rotatable bonds is 7. The molecule has 28 heavy (non-hydrogen) atoms. The van der Waals surface area contributed by atoms with Gasteiger partial charge in [0.15, 0.2) is 16.7 Å². The fraction of sp³-hybridized carbons (Fsp3) is 0.235. The maximum absolute atomic E-state index is 13.0. The third-order valence-electron chi connectivity index (χ3n) is 3.17. The van der Waals surface area contributed by atoms with Gasteiger partial charge in [0.25, 0.3) is 11.5 Å². The number of aromatic amines is 1. The second-order valence-corrected chi connectivity index (χ2v) is 6.29. The minimum absolute atomic E-state index is 0.0570. The Kier molecular flexibility index (Phi) is 7.27. The molecule has 0 saturated carbocycles. The van der Waals surface area contributed by atoms with E-state index in [-0.39, 0.29) is 34.6 Å². The fourth-order valence-corrected chi connectivity index (χ4v) is 2.67. The molecular weight excluding hydrogens is 391 g/mol. The lowest BCUT2D eigenvalue weighted by molar-refractivity contribution is -0.139. The van der Waals surface area contributed by atoms with Crippen molar-refractivity contribution in [3.63, 3.8) is 0 Å². The molecule has 0 fully saturated rings. The number of ether oxygens (including phenoxy) is 1. The Morgan fingerprint density at radius 2 is 1.89 bits per heavy atom. The van der Waals surface area contributed by atoms with Gasteiger partial charge < -0.3 is 15.4 Å². The Hall–Kier alpha value is -3.21. The van der Waals surface area contributed by atoms with Crippen LogP contribution < -0.4 is 16.2 Å². The lowest BCUT2D eigenvalue weighted by Gasteiger charge is -2.11. The summed E-state index contributed by atoms with van der Waals surface area (Å²) in [5.41, 5.74) is -0.916. The number of carbonyl (C=O) groups excluding carboxylic acids is 3. The van der Waals surface area contributed by atoms with E-state index in [9.17, 15) is 23.6 Å². The number of H-pyrrole nitrogens is 1. The van der Waals surface area contributed by atoms with Crippen molar-refractivity contribution < 1.29 is 23.5 Å². The Labute approximate surface area is 163 Å². The molecule has 0 aliphatic heterocycles. The van der Waals surface area contributed by atoms with Crippen molar-refractivity contribution in [3.8, 4) is 0 Å². The average Bonchev–Trinajstić information content (AvgIpc) is 2.63. The van der Waals surface area contributed by atoms with Crippen molar-refractivity contribution in [2.45, 2.75) is 19.0 Å². The molecule has 0 atom stereocenters. The first-order valence-corrected chi connectivity index (χ1v) is 9.06. The van der Waals surface area contributed by atoms with Gasteiger partial charge in [-0.2, -0.15) is 0 Å². The molecule has 9 nitrogen and oxygen atoms in total. The molecular formula is C17H17FN4O5S. The van der Waals surface area contributed by atoms with Crippen molar-refractivity contribution in [2.75, 3.05) is 23.0 Å². The molecule has 0 spiro atoms. The van der Waals surface area contributed by atoms with Crippen LogP contribution in [0.5, 0.6) is 0 Å². The van der Waals surface area contributed by atoms with Gasteiger partial charge in [0, 0.05) is 12.5 Å².